The second-order valence-electron chi connectivity index (χ2n) is 5.04. The summed E-state index contributed by atoms with van der Waals surface area (Å²) in [7, 11) is 0. The molecule has 2 aromatic rings. The number of nitrogens with one attached hydrogen (secondary N) is 1. The molecule has 0 bridgehead atoms. The summed E-state index contributed by atoms with van der Waals surface area (Å²) < 4.78 is 0. The normalized spacial score (nSPS) is 15.6. The Morgan fingerprint density at radius 1 is 1.43 bits per heavy atom. The Kier molecular flexibility index (Phi) is 3.83. The van der Waals surface area contributed by atoms with Gasteiger partial charge in [0.1, 0.15) is 0 Å². The van der Waals surface area contributed by atoms with E-state index in [2.05, 4.69) is 27.3 Å². The molecule has 1 aliphatic rings. The number of fused-ring (bicyclic) bond motifs is 1. The van der Waals surface area contributed by atoms with Crippen LogP contribution in [0.5, 0.6) is 0 Å². The summed E-state index contributed by atoms with van der Waals surface area (Å²) in [6, 6.07) is 8.28. The van der Waals surface area contributed by atoms with Crippen molar-refractivity contribution in [3.8, 4) is 0 Å². The van der Waals surface area contributed by atoms with E-state index in [0.717, 1.165) is 13.0 Å². The SMILES string of the molecule is C[C@H](Sc1n[nH]c(N)n1)C(=O)N1CCc2ccccc2C1. The zero-order chi connectivity index (χ0) is 14.8. The quantitative estimate of drug-likeness (QED) is 0.838. The highest BCUT2D eigenvalue weighted by Gasteiger charge is 2.25. The number of nitrogens with zero attached hydrogens (tertiary/aromatic N) is 3. The number of nitrogen functional groups attached to an aromatic ring is 1. The Morgan fingerprint density at radius 2 is 2.19 bits per heavy atom. The van der Waals surface area contributed by atoms with Crippen molar-refractivity contribution in [3.63, 3.8) is 0 Å². The summed E-state index contributed by atoms with van der Waals surface area (Å²) in [6.07, 6.45) is 0.910. The summed E-state index contributed by atoms with van der Waals surface area (Å²) in [4.78, 5) is 18.4. The predicted octanol–water partition coefficient (Wildman–Crippen LogP) is 1.45. The lowest BCUT2D eigenvalue weighted by molar-refractivity contribution is -0.131. The number of benzene rings is 1. The highest BCUT2D eigenvalue weighted by molar-refractivity contribution is 8.00. The van der Waals surface area contributed by atoms with E-state index < -0.39 is 0 Å². The minimum absolute atomic E-state index is 0.109. The molecule has 0 unspecified atom stereocenters. The molecular weight excluding hydrogens is 286 g/mol. The van der Waals surface area contributed by atoms with Gasteiger partial charge in [-0.3, -0.25) is 4.79 Å². The number of aromatic amines is 1. The van der Waals surface area contributed by atoms with Crippen LogP contribution in [0.1, 0.15) is 18.1 Å². The molecule has 0 saturated heterocycles. The highest BCUT2D eigenvalue weighted by Crippen LogP contribution is 2.24. The predicted molar refractivity (Wildman–Crippen MR) is 81.7 cm³/mol. The van der Waals surface area contributed by atoms with Crippen molar-refractivity contribution in [2.24, 2.45) is 0 Å². The molecule has 1 atom stereocenters. The lowest BCUT2D eigenvalue weighted by atomic mass is 10.00. The molecule has 7 heteroatoms. The monoisotopic (exact) mass is 303 g/mol. The summed E-state index contributed by atoms with van der Waals surface area (Å²) in [5.41, 5.74) is 8.06. The van der Waals surface area contributed by atoms with Crippen molar-refractivity contribution in [3.05, 3.63) is 35.4 Å². The van der Waals surface area contributed by atoms with Gasteiger partial charge in [-0.05, 0) is 24.5 Å². The largest absolute Gasteiger partial charge is 0.368 e. The summed E-state index contributed by atoms with van der Waals surface area (Å²) in [5, 5.41) is 6.80. The van der Waals surface area contributed by atoms with E-state index >= 15 is 0 Å². The zero-order valence-electron chi connectivity index (χ0n) is 11.7. The second kappa shape index (κ2) is 5.77. The van der Waals surface area contributed by atoms with Gasteiger partial charge in [-0.15, -0.1) is 5.10 Å². The minimum atomic E-state index is -0.231. The Morgan fingerprint density at radius 3 is 2.90 bits per heavy atom. The van der Waals surface area contributed by atoms with Gasteiger partial charge in [0, 0.05) is 13.1 Å². The first kappa shape index (κ1) is 13.9. The van der Waals surface area contributed by atoms with Gasteiger partial charge < -0.3 is 10.6 Å². The second-order valence-corrected chi connectivity index (χ2v) is 6.35. The lowest BCUT2D eigenvalue weighted by Gasteiger charge is -2.30. The van der Waals surface area contributed by atoms with E-state index in [1.165, 1.54) is 22.9 Å². The first-order chi connectivity index (χ1) is 10.1. The molecule has 3 rings (SSSR count). The van der Waals surface area contributed by atoms with Crippen molar-refractivity contribution in [1.29, 1.82) is 0 Å². The summed E-state index contributed by atoms with van der Waals surface area (Å²) in [6.45, 7) is 3.31. The van der Waals surface area contributed by atoms with E-state index in [1.807, 2.05) is 24.0 Å². The van der Waals surface area contributed by atoms with Crippen LogP contribution in [-0.2, 0) is 17.8 Å². The first-order valence-corrected chi connectivity index (χ1v) is 7.71. The average Bonchev–Trinajstić information content (AvgIpc) is 2.91. The molecule has 3 N–H and O–H groups in total. The fraction of sp³-hybridized carbons (Fsp3) is 0.357. The highest BCUT2D eigenvalue weighted by atomic mass is 32.2. The molecule has 0 fully saturated rings. The summed E-state index contributed by atoms with van der Waals surface area (Å²) in [5.74, 6) is 0.377. The Hall–Kier alpha value is -2.02. The van der Waals surface area contributed by atoms with Crippen molar-refractivity contribution in [1.82, 2.24) is 20.1 Å². The van der Waals surface area contributed by atoms with Gasteiger partial charge in [0.25, 0.3) is 0 Å². The molecule has 1 aromatic carbocycles. The number of carbonyl (C=O) groups excluding carboxylic acids is 1. The van der Waals surface area contributed by atoms with Crippen LogP contribution in [0, 0.1) is 0 Å². The average molecular weight is 303 g/mol. The molecule has 2 heterocycles. The van der Waals surface area contributed by atoms with E-state index in [4.69, 9.17) is 5.73 Å². The van der Waals surface area contributed by atoms with Crippen LogP contribution in [0.25, 0.3) is 0 Å². The Bertz CT molecular complexity index is 656. The van der Waals surface area contributed by atoms with Crippen molar-refractivity contribution in [2.75, 3.05) is 12.3 Å². The number of H-pyrrole nitrogens is 1. The third kappa shape index (κ3) is 3.02. The van der Waals surface area contributed by atoms with Crippen LogP contribution in [0.4, 0.5) is 5.95 Å². The Labute approximate surface area is 127 Å². The van der Waals surface area contributed by atoms with Gasteiger partial charge in [-0.2, -0.15) is 4.98 Å². The topological polar surface area (TPSA) is 87.9 Å². The maximum Gasteiger partial charge on any atom is 0.236 e. The zero-order valence-corrected chi connectivity index (χ0v) is 12.6. The maximum atomic E-state index is 12.5. The fourth-order valence-corrected chi connectivity index (χ4v) is 3.28. The molecule has 0 spiro atoms. The third-order valence-corrected chi connectivity index (χ3v) is 4.50. The van der Waals surface area contributed by atoms with Gasteiger partial charge in [0.2, 0.25) is 17.0 Å². The van der Waals surface area contributed by atoms with Gasteiger partial charge in [0.15, 0.2) is 0 Å². The molecule has 110 valence electrons. The third-order valence-electron chi connectivity index (χ3n) is 3.55. The van der Waals surface area contributed by atoms with Crippen LogP contribution in [-0.4, -0.2) is 37.8 Å². The first-order valence-electron chi connectivity index (χ1n) is 6.83. The number of rotatable bonds is 3. The van der Waals surface area contributed by atoms with Gasteiger partial charge in [-0.1, -0.05) is 36.0 Å². The maximum absolute atomic E-state index is 12.5. The van der Waals surface area contributed by atoms with Crippen molar-refractivity contribution < 1.29 is 4.79 Å². The van der Waals surface area contributed by atoms with E-state index in [1.54, 1.807) is 0 Å². The van der Waals surface area contributed by atoms with E-state index in [9.17, 15) is 4.79 Å². The number of carbonyl (C=O) groups is 1. The molecule has 1 aromatic heterocycles. The lowest BCUT2D eigenvalue weighted by Crippen LogP contribution is -2.40. The molecule has 1 amide bonds. The number of anilines is 1. The van der Waals surface area contributed by atoms with Crippen molar-refractivity contribution >= 4 is 23.6 Å². The van der Waals surface area contributed by atoms with Crippen molar-refractivity contribution in [2.45, 2.75) is 30.3 Å². The number of nitrogens with two attached hydrogens (primary N) is 1. The van der Waals surface area contributed by atoms with Gasteiger partial charge in [-0.25, -0.2) is 5.10 Å². The van der Waals surface area contributed by atoms with Gasteiger partial charge >= 0.3 is 0 Å². The molecular formula is C14H17N5OS. The number of hydrogen-bond acceptors (Lipinski definition) is 5. The Balaban J connectivity index is 1.66. The molecule has 0 radical (unpaired) electrons. The molecule has 6 nitrogen and oxygen atoms in total. The molecule has 1 aliphatic heterocycles. The van der Waals surface area contributed by atoms with Crippen LogP contribution < -0.4 is 5.73 Å². The van der Waals surface area contributed by atoms with Gasteiger partial charge in [0.05, 0.1) is 5.25 Å². The molecule has 0 saturated carbocycles. The van der Waals surface area contributed by atoms with Crippen LogP contribution in [0.2, 0.25) is 0 Å². The van der Waals surface area contributed by atoms with Crippen LogP contribution in [0.3, 0.4) is 0 Å². The van der Waals surface area contributed by atoms with Crippen LogP contribution in [0.15, 0.2) is 29.4 Å². The fourth-order valence-electron chi connectivity index (χ4n) is 2.46. The van der Waals surface area contributed by atoms with Crippen LogP contribution >= 0.6 is 11.8 Å². The number of hydrogen-bond donors (Lipinski definition) is 2. The number of aromatic nitrogens is 3. The smallest absolute Gasteiger partial charge is 0.236 e. The summed E-state index contributed by atoms with van der Waals surface area (Å²) >= 11 is 1.32. The van der Waals surface area contributed by atoms with E-state index in [0.29, 0.717) is 11.7 Å². The number of amides is 1. The van der Waals surface area contributed by atoms with E-state index in [-0.39, 0.29) is 17.1 Å². The standard InChI is InChI=1S/C14H17N5OS/c1-9(21-14-16-13(15)17-18-14)12(20)19-7-6-10-4-2-3-5-11(10)8-19/h2-5,9H,6-8H2,1H3,(H3,15,16,17,18)/t9-/m0/s1. The minimum Gasteiger partial charge on any atom is -0.368 e. The molecule has 21 heavy (non-hydrogen) atoms. The number of thioether (sulfide) groups is 1. The molecule has 0 aliphatic carbocycles.